The molecule has 0 unspecified atom stereocenters. The van der Waals surface area contributed by atoms with Crippen LogP contribution in [-0.2, 0) is 10.2 Å². The number of hydrogen-bond donors (Lipinski definition) is 1. The molecular formula is C28H31NO3. The van der Waals surface area contributed by atoms with E-state index in [0.717, 1.165) is 5.56 Å². The molecule has 0 radical (unpaired) electrons. The van der Waals surface area contributed by atoms with E-state index in [4.69, 9.17) is 4.74 Å². The minimum atomic E-state index is -0.624. The number of aryl methyl sites for hydroxylation is 1. The minimum Gasteiger partial charge on any atom is -0.481 e. The fraction of sp³-hybridized carbons (Fsp3) is 0.286. The molecule has 1 atom stereocenters. The van der Waals surface area contributed by atoms with Gasteiger partial charge in [-0.1, -0.05) is 76.2 Å². The molecule has 0 heterocycles. The summed E-state index contributed by atoms with van der Waals surface area (Å²) in [6.45, 7) is 10.3. The van der Waals surface area contributed by atoms with Crippen LogP contribution >= 0.6 is 0 Å². The molecule has 0 aliphatic heterocycles. The molecule has 0 saturated heterocycles. The number of ketones is 1. The van der Waals surface area contributed by atoms with Gasteiger partial charge in [-0.25, -0.2) is 0 Å². The molecule has 3 aromatic carbocycles. The number of anilines is 1. The van der Waals surface area contributed by atoms with E-state index in [-0.39, 0.29) is 17.1 Å². The highest BCUT2D eigenvalue weighted by Gasteiger charge is 2.20. The van der Waals surface area contributed by atoms with E-state index in [1.54, 1.807) is 24.3 Å². The zero-order valence-corrected chi connectivity index (χ0v) is 19.4. The number of carbonyl (C=O) groups excluding carboxylic acids is 2. The van der Waals surface area contributed by atoms with Crippen molar-refractivity contribution >= 4 is 17.4 Å². The van der Waals surface area contributed by atoms with Gasteiger partial charge in [-0.15, -0.1) is 0 Å². The Balaban J connectivity index is 1.72. The van der Waals surface area contributed by atoms with Crippen LogP contribution in [0.1, 0.15) is 61.2 Å². The first-order chi connectivity index (χ1) is 15.2. The molecule has 1 N–H and O–H groups in total. The van der Waals surface area contributed by atoms with Gasteiger partial charge in [0.25, 0.3) is 5.91 Å². The highest BCUT2D eigenvalue weighted by molar-refractivity contribution is 6.09. The van der Waals surface area contributed by atoms with Gasteiger partial charge in [-0.05, 0) is 54.2 Å². The molecule has 0 aliphatic rings. The van der Waals surface area contributed by atoms with Crippen LogP contribution in [0.3, 0.4) is 0 Å². The first-order valence-electron chi connectivity index (χ1n) is 11.0. The predicted octanol–water partition coefficient (Wildman–Crippen LogP) is 6.32. The highest BCUT2D eigenvalue weighted by Crippen LogP contribution is 2.23. The van der Waals surface area contributed by atoms with E-state index in [9.17, 15) is 9.59 Å². The van der Waals surface area contributed by atoms with Crippen molar-refractivity contribution in [1.29, 1.82) is 0 Å². The molecule has 166 valence electrons. The zero-order valence-electron chi connectivity index (χ0n) is 19.4. The van der Waals surface area contributed by atoms with Gasteiger partial charge >= 0.3 is 0 Å². The fourth-order valence-electron chi connectivity index (χ4n) is 3.42. The van der Waals surface area contributed by atoms with Gasteiger partial charge in [0.15, 0.2) is 11.9 Å². The van der Waals surface area contributed by atoms with Crippen molar-refractivity contribution in [2.45, 2.75) is 52.6 Å². The van der Waals surface area contributed by atoms with Crippen molar-refractivity contribution in [3.8, 4) is 5.75 Å². The molecule has 1 amide bonds. The molecular weight excluding hydrogens is 398 g/mol. The van der Waals surface area contributed by atoms with Crippen molar-refractivity contribution in [2.75, 3.05) is 5.32 Å². The topological polar surface area (TPSA) is 55.4 Å². The molecule has 4 heteroatoms. The van der Waals surface area contributed by atoms with Crippen LogP contribution in [0.2, 0.25) is 0 Å². The summed E-state index contributed by atoms with van der Waals surface area (Å²) in [5.74, 6) is 0.340. The summed E-state index contributed by atoms with van der Waals surface area (Å²) in [4.78, 5) is 25.8. The van der Waals surface area contributed by atoms with E-state index in [0.29, 0.717) is 29.0 Å². The average Bonchev–Trinajstić information content (AvgIpc) is 2.76. The normalized spacial score (nSPS) is 12.2. The summed E-state index contributed by atoms with van der Waals surface area (Å²) < 4.78 is 5.89. The Morgan fingerprint density at radius 2 is 1.59 bits per heavy atom. The van der Waals surface area contributed by atoms with Crippen LogP contribution < -0.4 is 10.1 Å². The van der Waals surface area contributed by atoms with Gasteiger partial charge < -0.3 is 10.1 Å². The quantitative estimate of drug-likeness (QED) is 0.447. The lowest BCUT2D eigenvalue weighted by molar-refractivity contribution is -0.122. The second-order valence-electron chi connectivity index (χ2n) is 9.06. The third-order valence-corrected chi connectivity index (χ3v) is 5.34. The van der Waals surface area contributed by atoms with Crippen molar-refractivity contribution in [1.82, 2.24) is 0 Å². The smallest absolute Gasteiger partial charge is 0.265 e. The second-order valence-corrected chi connectivity index (χ2v) is 9.06. The Hall–Kier alpha value is -3.40. The molecule has 4 nitrogen and oxygen atoms in total. The van der Waals surface area contributed by atoms with Gasteiger partial charge in [0.1, 0.15) is 5.75 Å². The molecule has 0 aromatic heterocycles. The maximum Gasteiger partial charge on any atom is 0.265 e. The molecule has 32 heavy (non-hydrogen) atoms. The lowest BCUT2D eigenvalue weighted by Gasteiger charge is -2.19. The number of benzene rings is 3. The molecule has 3 aromatic rings. The Bertz CT molecular complexity index is 1090. The first kappa shape index (κ1) is 23.3. The van der Waals surface area contributed by atoms with Gasteiger partial charge in [-0.2, -0.15) is 0 Å². The molecule has 0 spiro atoms. The minimum absolute atomic E-state index is 0.0299. The van der Waals surface area contributed by atoms with Crippen LogP contribution in [0, 0.1) is 6.92 Å². The zero-order chi connectivity index (χ0) is 23.3. The predicted molar refractivity (Wildman–Crippen MR) is 130 cm³/mol. The number of hydrogen-bond acceptors (Lipinski definition) is 3. The summed E-state index contributed by atoms with van der Waals surface area (Å²) in [6.07, 6.45) is -0.0977. The van der Waals surface area contributed by atoms with Crippen LogP contribution in [0.25, 0.3) is 0 Å². The van der Waals surface area contributed by atoms with E-state index >= 15 is 0 Å². The number of nitrogens with one attached hydrogen (secondary N) is 1. The maximum absolute atomic E-state index is 13.0. The fourth-order valence-corrected chi connectivity index (χ4v) is 3.42. The average molecular weight is 430 g/mol. The van der Waals surface area contributed by atoms with Gasteiger partial charge in [0, 0.05) is 16.8 Å². The summed E-state index contributed by atoms with van der Waals surface area (Å²) in [5, 5.41) is 2.89. The Labute approximate surface area is 190 Å². The third-order valence-electron chi connectivity index (χ3n) is 5.34. The maximum atomic E-state index is 13.0. The van der Waals surface area contributed by atoms with E-state index in [2.05, 4.69) is 26.1 Å². The number of amides is 1. The monoisotopic (exact) mass is 429 g/mol. The first-order valence-corrected chi connectivity index (χ1v) is 11.0. The highest BCUT2D eigenvalue weighted by atomic mass is 16.5. The lowest BCUT2D eigenvalue weighted by Crippen LogP contribution is -2.32. The van der Waals surface area contributed by atoms with Crippen molar-refractivity contribution in [2.24, 2.45) is 0 Å². The molecule has 0 aliphatic carbocycles. The number of carbonyl (C=O) groups is 2. The van der Waals surface area contributed by atoms with Gasteiger partial charge in [0.2, 0.25) is 0 Å². The van der Waals surface area contributed by atoms with Crippen LogP contribution in [0.5, 0.6) is 5.75 Å². The standard InChI is InChI=1S/C28H31NO3/c1-6-25(32-24-12-7-9-19(2)17-24)27(31)29-23-11-8-10-21(18-23)26(30)20-13-15-22(16-14-20)28(3,4)5/h7-18,25H,6H2,1-5H3,(H,29,31)/t25-/m0/s1. The Morgan fingerprint density at radius 1 is 0.906 bits per heavy atom. The summed E-state index contributed by atoms with van der Waals surface area (Å²) >= 11 is 0. The largest absolute Gasteiger partial charge is 0.481 e. The Kier molecular flexibility index (Phi) is 7.14. The summed E-state index contributed by atoms with van der Waals surface area (Å²) in [7, 11) is 0. The molecule has 0 fully saturated rings. The molecule has 0 saturated carbocycles. The molecule has 3 rings (SSSR count). The van der Waals surface area contributed by atoms with Gasteiger partial charge in [0.05, 0.1) is 0 Å². The van der Waals surface area contributed by atoms with Crippen molar-refractivity contribution < 1.29 is 14.3 Å². The van der Waals surface area contributed by atoms with E-state index in [1.165, 1.54) is 5.56 Å². The number of rotatable bonds is 7. The summed E-state index contributed by atoms with van der Waals surface area (Å²) in [6, 6.07) is 22.3. The van der Waals surface area contributed by atoms with Crippen LogP contribution in [0.4, 0.5) is 5.69 Å². The lowest BCUT2D eigenvalue weighted by atomic mass is 9.86. The Morgan fingerprint density at radius 3 is 2.22 bits per heavy atom. The van der Waals surface area contributed by atoms with Gasteiger partial charge in [-0.3, -0.25) is 9.59 Å². The van der Waals surface area contributed by atoms with E-state index in [1.807, 2.05) is 62.4 Å². The van der Waals surface area contributed by atoms with Crippen LogP contribution in [0.15, 0.2) is 72.8 Å². The van der Waals surface area contributed by atoms with Crippen molar-refractivity contribution in [3.63, 3.8) is 0 Å². The third kappa shape index (κ3) is 5.85. The SMILES string of the molecule is CC[C@H](Oc1cccc(C)c1)C(=O)Nc1cccc(C(=O)c2ccc(C(C)(C)C)cc2)c1. The van der Waals surface area contributed by atoms with Crippen molar-refractivity contribution in [3.05, 3.63) is 95.1 Å². The second kappa shape index (κ2) is 9.82. The summed E-state index contributed by atoms with van der Waals surface area (Å²) in [5.41, 5.74) is 3.99. The molecule has 0 bridgehead atoms. The van der Waals surface area contributed by atoms with Crippen LogP contribution in [-0.4, -0.2) is 17.8 Å². The number of ether oxygens (including phenoxy) is 1. The van der Waals surface area contributed by atoms with E-state index < -0.39 is 6.10 Å².